The molecule has 3 atom stereocenters. The van der Waals surface area contributed by atoms with E-state index in [1.165, 1.54) is 23.8 Å². The number of ether oxygens (including phenoxy) is 2. The Balaban J connectivity index is 1.42. The van der Waals surface area contributed by atoms with Crippen molar-refractivity contribution in [2.75, 3.05) is 26.7 Å². The Bertz CT molecular complexity index is 1150. The Labute approximate surface area is 233 Å². The monoisotopic (exact) mass is 526 g/mol. The van der Waals surface area contributed by atoms with Gasteiger partial charge in [-0.1, -0.05) is 97.4 Å². The molecule has 39 heavy (non-hydrogen) atoms. The minimum Gasteiger partial charge on any atom is -0.453 e. The molecule has 1 aliphatic heterocycles. The largest absolute Gasteiger partial charge is 0.453 e. The molecule has 5 rings (SSSR count). The van der Waals surface area contributed by atoms with Crippen molar-refractivity contribution in [3.05, 3.63) is 108 Å². The fraction of sp³-hybridized carbons (Fsp3) is 0.441. The third-order valence-electron chi connectivity index (χ3n) is 9.01. The average Bonchev–Trinajstić information content (AvgIpc) is 3.47. The van der Waals surface area contributed by atoms with Crippen molar-refractivity contribution < 1.29 is 14.3 Å². The highest BCUT2D eigenvalue weighted by Crippen LogP contribution is 2.51. The van der Waals surface area contributed by atoms with Crippen LogP contribution in [0.1, 0.15) is 48.8 Å². The van der Waals surface area contributed by atoms with Crippen molar-refractivity contribution in [2.24, 2.45) is 11.8 Å². The molecule has 2 fully saturated rings. The number of rotatable bonds is 10. The van der Waals surface area contributed by atoms with Crippen molar-refractivity contribution in [2.45, 2.75) is 56.8 Å². The smallest absolute Gasteiger partial charge is 0.406 e. The van der Waals surface area contributed by atoms with E-state index in [0.717, 1.165) is 51.7 Å². The normalized spacial score (nSPS) is 21.8. The topological polar surface area (TPSA) is 50.8 Å². The van der Waals surface area contributed by atoms with E-state index in [9.17, 15) is 4.79 Å². The molecule has 1 heterocycles. The van der Waals surface area contributed by atoms with Gasteiger partial charge < -0.3 is 14.8 Å². The van der Waals surface area contributed by atoms with Crippen molar-refractivity contribution in [3.8, 4) is 0 Å². The van der Waals surface area contributed by atoms with Crippen LogP contribution in [0.25, 0.3) is 0 Å². The molecule has 1 amide bonds. The zero-order valence-electron chi connectivity index (χ0n) is 23.1. The number of hydrogen-bond acceptors (Lipinski definition) is 4. The molecule has 206 valence electrons. The van der Waals surface area contributed by atoms with Crippen LogP contribution in [0.5, 0.6) is 0 Å². The number of piperidine rings is 1. The lowest BCUT2D eigenvalue weighted by atomic mass is 9.58. The summed E-state index contributed by atoms with van der Waals surface area (Å²) in [7, 11) is 1.45. The summed E-state index contributed by atoms with van der Waals surface area (Å²) >= 11 is 0. The van der Waals surface area contributed by atoms with Gasteiger partial charge in [-0.05, 0) is 67.3 Å². The van der Waals surface area contributed by atoms with Gasteiger partial charge in [0.15, 0.2) is 0 Å². The lowest BCUT2D eigenvalue weighted by molar-refractivity contribution is -0.0313. The minimum absolute atomic E-state index is 0.146. The average molecular weight is 527 g/mol. The van der Waals surface area contributed by atoms with Crippen LogP contribution in [-0.2, 0) is 28.0 Å². The van der Waals surface area contributed by atoms with Crippen molar-refractivity contribution in [1.82, 2.24) is 10.2 Å². The van der Waals surface area contributed by atoms with E-state index in [1.54, 1.807) is 0 Å². The van der Waals surface area contributed by atoms with Gasteiger partial charge in [0.1, 0.15) is 0 Å². The maximum absolute atomic E-state index is 12.5. The van der Waals surface area contributed by atoms with Crippen LogP contribution in [0.2, 0.25) is 0 Å². The maximum Gasteiger partial charge on any atom is 0.406 e. The van der Waals surface area contributed by atoms with Crippen LogP contribution in [0.3, 0.4) is 0 Å². The van der Waals surface area contributed by atoms with Gasteiger partial charge in [0.25, 0.3) is 0 Å². The van der Waals surface area contributed by atoms with Crippen molar-refractivity contribution in [3.63, 3.8) is 0 Å². The van der Waals surface area contributed by atoms with Gasteiger partial charge in [0.2, 0.25) is 0 Å². The van der Waals surface area contributed by atoms with Gasteiger partial charge in [-0.25, -0.2) is 4.79 Å². The van der Waals surface area contributed by atoms with Gasteiger partial charge in [-0.3, -0.25) is 4.90 Å². The SMILES string of the molecule is COC(=O)NCC(c1ccccc1)(C1CCN(Cc2ccccc2)CC1)C1CCCC1OCc1ccccc1. The highest BCUT2D eigenvalue weighted by molar-refractivity contribution is 5.67. The molecule has 1 saturated heterocycles. The second-order valence-electron chi connectivity index (χ2n) is 11.2. The van der Waals surface area contributed by atoms with Gasteiger partial charge in [-0.15, -0.1) is 0 Å². The zero-order chi connectivity index (χ0) is 26.9. The predicted molar refractivity (Wildman–Crippen MR) is 155 cm³/mol. The van der Waals surface area contributed by atoms with Crippen LogP contribution in [-0.4, -0.2) is 43.8 Å². The first-order chi connectivity index (χ1) is 19.2. The van der Waals surface area contributed by atoms with E-state index in [0.29, 0.717) is 25.0 Å². The lowest BCUT2D eigenvalue weighted by Gasteiger charge is -2.50. The second-order valence-corrected chi connectivity index (χ2v) is 11.2. The van der Waals surface area contributed by atoms with Gasteiger partial charge >= 0.3 is 6.09 Å². The Morgan fingerprint density at radius 3 is 2.10 bits per heavy atom. The summed E-state index contributed by atoms with van der Waals surface area (Å²) < 4.78 is 11.8. The summed E-state index contributed by atoms with van der Waals surface area (Å²) in [6, 6.07) is 32.1. The maximum atomic E-state index is 12.5. The standard InChI is InChI=1S/C34H42N2O3/c1-38-33(37)35-26-34(29-16-9-4-10-17-29,30-20-22-36(23-21-30)24-27-12-5-2-6-13-27)31-18-11-19-32(31)39-25-28-14-7-3-8-15-28/h2-10,12-17,30-32H,11,18-26H2,1H3,(H,35,37). The molecule has 3 aromatic carbocycles. The molecule has 2 aliphatic rings. The summed E-state index contributed by atoms with van der Waals surface area (Å²) in [4.78, 5) is 15.0. The molecule has 1 saturated carbocycles. The van der Waals surface area contributed by atoms with Crippen LogP contribution >= 0.6 is 0 Å². The molecule has 1 aliphatic carbocycles. The number of carbonyl (C=O) groups is 1. The van der Waals surface area contributed by atoms with E-state index < -0.39 is 0 Å². The Hall–Kier alpha value is -3.15. The van der Waals surface area contributed by atoms with Gasteiger partial charge in [0.05, 0.1) is 19.8 Å². The Morgan fingerprint density at radius 1 is 0.846 bits per heavy atom. The van der Waals surface area contributed by atoms with E-state index in [4.69, 9.17) is 9.47 Å². The molecule has 0 spiro atoms. The van der Waals surface area contributed by atoms with Crippen LogP contribution < -0.4 is 5.32 Å². The number of nitrogens with zero attached hydrogens (tertiary/aromatic N) is 1. The van der Waals surface area contributed by atoms with E-state index in [-0.39, 0.29) is 17.6 Å². The van der Waals surface area contributed by atoms with Crippen molar-refractivity contribution >= 4 is 6.09 Å². The number of hydrogen-bond donors (Lipinski definition) is 1. The number of benzene rings is 3. The second kappa shape index (κ2) is 13.3. The first-order valence-corrected chi connectivity index (χ1v) is 14.5. The summed E-state index contributed by atoms with van der Waals surface area (Å²) in [5.41, 5.74) is 3.65. The molecule has 0 aromatic heterocycles. The minimum atomic E-state index is -0.364. The van der Waals surface area contributed by atoms with E-state index in [1.807, 2.05) is 6.07 Å². The fourth-order valence-corrected chi connectivity index (χ4v) is 7.11. The number of likely N-dealkylation sites (tertiary alicyclic amines) is 1. The molecule has 5 nitrogen and oxygen atoms in total. The molecule has 3 unspecified atom stereocenters. The Kier molecular flexibility index (Phi) is 9.33. The fourth-order valence-electron chi connectivity index (χ4n) is 7.11. The quantitative estimate of drug-likeness (QED) is 0.324. The van der Waals surface area contributed by atoms with Crippen molar-refractivity contribution in [1.29, 1.82) is 0 Å². The number of nitrogens with one attached hydrogen (secondary N) is 1. The highest BCUT2D eigenvalue weighted by Gasteiger charge is 2.52. The molecular formula is C34H42N2O3. The summed E-state index contributed by atoms with van der Waals surface area (Å²) in [6.45, 7) is 4.26. The molecule has 5 heteroatoms. The number of methoxy groups -OCH3 is 1. The first-order valence-electron chi connectivity index (χ1n) is 14.5. The molecule has 1 N–H and O–H groups in total. The van der Waals surface area contributed by atoms with Crippen LogP contribution in [0.15, 0.2) is 91.0 Å². The molecule has 0 radical (unpaired) electrons. The number of alkyl carbamates (subject to hydrolysis) is 1. The van der Waals surface area contributed by atoms with Gasteiger partial charge in [-0.2, -0.15) is 0 Å². The van der Waals surface area contributed by atoms with E-state index >= 15 is 0 Å². The Morgan fingerprint density at radius 2 is 1.46 bits per heavy atom. The first kappa shape index (κ1) is 27.4. The summed E-state index contributed by atoms with van der Waals surface area (Å²) in [6.07, 6.45) is 5.25. The molecular weight excluding hydrogens is 484 g/mol. The lowest BCUT2D eigenvalue weighted by Crippen LogP contribution is -2.55. The van der Waals surface area contributed by atoms with Crippen LogP contribution in [0, 0.1) is 11.8 Å². The van der Waals surface area contributed by atoms with Gasteiger partial charge in [0, 0.05) is 18.5 Å². The number of carbonyl (C=O) groups excluding carboxylic acids is 1. The molecule has 3 aromatic rings. The molecule has 0 bridgehead atoms. The summed E-state index contributed by atoms with van der Waals surface area (Å²) in [5.74, 6) is 0.737. The number of amides is 1. The predicted octanol–water partition coefficient (Wildman–Crippen LogP) is 6.58. The third-order valence-corrected chi connectivity index (χ3v) is 9.01. The van der Waals surface area contributed by atoms with E-state index in [2.05, 4.69) is 95.1 Å². The third kappa shape index (κ3) is 6.54. The summed E-state index contributed by atoms with van der Waals surface area (Å²) in [5, 5.41) is 3.16. The zero-order valence-corrected chi connectivity index (χ0v) is 23.1. The van der Waals surface area contributed by atoms with Crippen LogP contribution in [0.4, 0.5) is 4.79 Å². The highest BCUT2D eigenvalue weighted by atomic mass is 16.5.